The Balaban J connectivity index is 1.66. The van der Waals surface area contributed by atoms with Gasteiger partial charge < -0.3 is 4.74 Å². The van der Waals surface area contributed by atoms with E-state index in [0.29, 0.717) is 16.8 Å². The van der Waals surface area contributed by atoms with Gasteiger partial charge in [0.05, 0.1) is 22.8 Å². The number of thioether (sulfide) groups is 1. The number of anilines is 1. The molecule has 10 heteroatoms. The number of fused-ring (bicyclic) bond motifs is 1. The van der Waals surface area contributed by atoms with E-state index in [1.807, 2.05) is 0 Å². The largest absolute Gasteiger partial charge is 0.465 e. The number of para-hydroxylation sites is 1. The SMILES string of the molecule is CCOC(=O)CN1C(=O)/C(=C2\SC(=S)N(NC(=O)c3ccccc3C)C2=O)c2ccccc21. The van der Waals surface area contributed by atoms with E-state index in [0.717, 1.165) is 22.3 Å². The van der Waals surface area contributed by atoms with E-state index in [9.17, 15) is 19.2 Å². The monoisotopic (exact) mass is 481 g/mol. The minimum absolute atomic E-state index is 0.0916. The first-order valence-electron chi connectivity index (χ1n) is 10.1. The van der Waals surface area contributed by atoms with Gasteiger partial charge in [0.2, 0.25) is 0 Å². The van der Waals surface area contributed by atoms with Crippen LogP contribution in [0.2, 0.25) is 0 Å². The third kappa shape index (κ3) is 4.14. The zero-order valence-corrected chi connectivity index (χ0v) is 19.4. The Kier molecular flexibility index (Phi) is 6.30. The first-order chi connectivity index (χ1) is 15.8. The number of thiocarbonyl (C=S) groups is 1. The predicted molar refractivity (Wildman–Crippen MR) is 128 cm³/mol. The molecule has 1 saturated heterocycles. The average molecular weight is 482 g/mol. The molecule has 0 saturated carbocycles. The smallest absolute Gasteiger partial charge is 0.326 e. The van der Waals surface area contributed by atoms with Crippen molar-refractivity contribution in [3.63, 3.8) is 0 Å². The molecular formula is C23H19N3O5S2. The van der Waals surface area contributed by atoms with Crippen molar-refractivity contribution in [2.75, 3.05) is 18.1 Å². The number of nitrogens with one attached hydrogen (secondary N) is 1. The lowest BCUT2D eigenvalue weighted by atomic mass is 10.1. The Labute approximate surface area is 199 Å². The molecule has 2 aliphatic heterocycles. The minimum atomic E-state index is -0.608. The second kappa shape index (κ2) is 9.16. The van der Waals surface area contributed by atoms with Crippen molar-refractivity contribution in [2.24, 2.45) is 0 Å². The number of carbonyl (C=O) groups is 4. The van der Waals surface area contributed by atoms with E-state index in [-0.39, 0.29) is 28.0 Å². The summed E-state index contributed by atoms with van der Waals surface area (Å²) in [6.07, 6.45) is 0. The summed E-state index contributed by atoms with van der Waals surface area (Å²) in [5, 5.41) is 0.973. The Morgan fingerprint density at radius 1 is 1.06 bits per heavy atom. The molecule has 2 aromatic carbocycles. The molecule has 0 aromatic heterocycles. The number of carbonyl (C=O) groups excluding carboxylic acids is 4. The zero-order valence-electron chi connectivity index (χ0n) is 17.8. The van der Waals surface area contributed by atoms with E-state index in [2.05, 4.69) is 5.43 Å². The number of rotatable bonds is 5. The first kappa shape index (κ1) is 22.7. The molecule has 0 aliphatic carbocycles. The van der Waals surface area contributed by atoms with Crippen LogP contribution in [0.4, 0.5) is 5.69 Å². The van der Waals surface area contributed by atoms with Crippen molar-refractivity contribution >= 4 is 63.3 Å². The summed E-state index contributed by atoms with van der Waals surface area (Å²) in [5.74, 6) is -2.16. The number of nitrogens with zero attached hydrogens (tertiary/aromatic N) is 2. The Morgan fingerprint density at radius 2 is 1.76 bits per heavy atom. The third-order valence-corrected chi connectivity index (χ3v) is 6.49. The van der Waals surface area contributed by atoms with E-state index >= 15 is 0 Å². The van der Waals surface area contributed by atoms with Gasteiger partial charge in [0.25, 0.3) is 17.7 Å². The van der Waals surface area contributed by atoms with Crippen LogP contribution >= 0.6 is 24.0 Å². The van der Waals surface area contributed by atoms with Gasteiger partial charge in [0.15, 0.2) is 4.32 Å². The van der Waals surface area contributed by atoms with Crippen LogP contribution in [-0.4, -0.2) is 46.2 Å². The lowest BCUT2D eigenvalue weighted by Crippen LogP contribution is -2.45. The highest BCUT2D eigenvalue weighted by molar-refractivity contribution is 8.26. The lowest BCUT2D eigenvalue weighted by Gasteiger charge is -2.16. The van der Waals surface area contributed by atoms with Crippen molar-refractivity contribution in [3.8, 4) is 0 Å². The van der Waals surface area contributed by atoms with E-state index < -0.39 is 23.7 Å². The first-order valence-corrected chi connectivity index (χ1v) is 11.3. The molecule has 0 radical (unpaired) electrons. The summed E-state index contributed by atoms with van der Waals surface area (Å²) in [7, 11) is 0. The van der Waals surface area contributed by atoms with Crippen molar-refractivity contribution < 1.29 is 23.9 Å². The van der Waals surface area contributed by atoms with Crippen molar-refractivity contribution in [2.45, 2.75) is 13.8 Å². The van der Waals surface area contributed by atoms with E-state index in [1.165, 1.54) is 4.90 Å². The number of amides is 3. The number of hydrazine groups is 1. The fourth-order valence-electron chi connectivity index (χ4n) is 3.60. The highest BCUT2D eigenvalue weighted by Gasteiger charge is 2.43. The Morgan fingerprint density at radius 3 is 2.48 bits per heavy atom. The predicted octanol–water partition coefficient (Wildman–Crippen LogP) is 2.82. The molecule has 2 aliphatic rings. The summed E-state index contributed by atoms with van der Waals surface area (Å²) in [6.45, 7) is 3.37. The molecule has 2 heterocycles. The molecule has 4 rings (SSSR count). The highest BCUT2D eigenvalue weighted by atomic mass is 32.2. The summed E-state index contributed by atoms with van der Waals surface area (Å²) in [6, 6.07) is 13.8. The quantitative estimate of drug-likeness (QED) is 0.399. The third-order valence-electron chi connectivity index (χ3n) is 5.12. The molecule has 168 valence electrons. The van der Waals surface area contributed by atoms with Crippen LogP contribution in [-0.2, 0) is 19.1 Å². The molecule has 0 bridgehead atoms. The van der Waals surface area contributed by atoms with Crippen LogP contribution in [0.3, 0.4) is 0 Å². The molecule has 0 spiro atoms. The van der Waals surface area contributed by atoms with Crippen LogP contribution in [0.1, 0.15) is 28.4 Å². The zero-order chi connectivity index (χ0) is 23.7. The van der Waals surface area contributed by atoms with Crippen molar-refractivity contribution in [1.82, 2.24) is 10.4 Å². The normalized spacial score (nSPS) is 17.5. The number of benzene rings is 2. The maximum atomic E-state index is 13.3. The average Bonchev–Trinajstić information content (AvgIpc) is 3.21. The van der Waals surface area contributed by atoms with Gasteiger partial charge in [0, 0.05) is 11.1 Å². The molecule has 33 heavy (non-hydrogen) atoms. The molecule has 0 unspecified atom stereocenters. The van der Waals surface area contributed by atoms with Crippen LogP contribution in [0.25, 0.3) is 5.57 Å². The standard InChI is InChI=1S/C23H19N3O5S2/c1-3-31-17(27)12-25-16-11-7-6-10-15(16)18(21(25)29)19-22(30)26(23(32)33-19)24-20(28)14-9-5-4-8-13(14)2/h4-11H,3,12H2,1-2H3,(H,24,28)/b19-18-. The molecule has 0 atom stereocenters. The number of esters is 1. The van der Waals surface area contributed by atoms with Crippen LogP contribution in [0, 0.1) is 6.92 Å². The molecule has 1 fully saturated rings. The van der Waals surface area contributed by atoms with Gasteiger partial charge >= 0.3 is 5.97 Å². The lowest BCUT2D eigenvalue weighted by molar-refractivity contribution is -0.142. The van der Waals surface area contributed by atoms with E-state index in [4.69, 9.17) is 17.0 Å². The van der Waals surface area contributed by atoms with Gasteiger partial charge in [-0.15, -0.1) is 0 Å². The summed E-state index contributed by atoms with van der Waals surface area (Å²) >= 11 is 6.25. The Bertz CT molecular complexity index is 1240. The summed E-state index contributed by atoms with van der Waals surface area (Å²) in [4.78, 5) is 52.7. The van der Waals surface area contributed by atoms with Crippen molar-refractivity contribution in [1.29, 1.82) is 0 Å². The van der Waals surface area contributed by atoms with E-state index in [1.54, 1.807) is 62.4 Å². The van der Waals surface area contributed by atoms with Crippen LogP contribution in [0.15, 0.2) is 53.4 Å². The van der Waals surface area contributed by atoms with Gasteiger partial charge in [-0.3, -0.25) is 29.5 Å². The minimum Gasteiger partial charge on any atom is -0.465 e. The summed E-state index contributed by atoms with van der Waals surface area (Å²) in [5.41, 5.74) is 4.84. The van der Waals surface area contributed by atoms with Crippen LogP contribution < -0.4 is 10.3 Å². The number of ether oxygens (including phenoxy) is 1. The number of hydrogen-bond acceptors (Lipinski definition) is 7. The number of hydrogen-bond donors (Lipinski definition) is 1. The summed E-state index contributed by atoms with van der Waals surface area (Å²) < 4.78 is 5.08. The van der Waals surface area contributed by atoms with Crippen LogP contribution in [0.5, 0.6) is 0 Å². The van der Waals surface area contributed by atoms with Gasteiger partial charge in [0.1, 0.15) is 6.54 Å². The van der Waals surface area contributed by atoms with Gasteiger partial charge in [-0.25, -0.2) is 0 Å². The fourth-order valence-corrected chi connectivity index (χ4v) is 4.85. The molecule has 3 amide bonds. The second-order valence-corrected chi connectivity index (χ2v) is 8.83. The maximum Gasteiger partial charge on any atom is 0.326 e. The molecular weight excluding hydrogens is 462 g/mol. The van der Waals surface area contributed by atoms with Gasteiger partial charge in [-0.2, -0.15) is 5.01 Å². The Hall–Kier alpha value is -3.50. The fraction of sp³-hybridized carbons (Fsp3) is 0.174. The number of aryl methyl sites for hydroxylation is 1. The maximum absolute atomic E-state index is 13.3. The highest BCUT2D eigenvalue weighted by Crippen LogP contribution is 2.44. The topological polar surface area (TPSA) is 96.0 Å². The molecule has 1 N–H and O–H groups in total. The van der Waals surface area contributed by atoms with Gasteiger partial charge in [-0.05, 0) is 43.8 Å². The molecule has 8 nitrogen and oxygen atoms in total. The van der Waals surface area contributed by atoms with Gasteiger partial charge in [-0.1, -0.05) is 48.2 Å². The molecule has 2 aromatic rings. The second-order valence-electron chi connectivity index (χ2n) is 7.18. The van der Waals surface area contributed by atoms with Crippen molar-refractivity contribution in [3.05, 3.63) is 70.1 Å².